The third-order valence-corrected chi connectivity index (χ3v) is 5.35. The summed E-state index contributed by atoms with van der Waals surface area (Å²) in [6, 6.07) is 11.0. The zero-order valence-electron chi connectivity index (χ0n) is 14.0. The number of carbonyl (C=O) groups excluding carboxylic acids is 1. The van der Waals surface area contributed by atoms with Crippen LogP contribution in [0.2, 0.25) is 5.02 Å². The lowest BCUT2D eigenvalue weighted by Gasteiger charge is -2.43. The molecular formula is C17H14ClN5O3S. The molecule has 0 unspecified atom stereocenters. The number of benzene rings is 2. The van der Waals surface area contributed by atoms with Crippen LogP contribution in [0.3, 0.4) is 0 Å². The van der Waals surface area contributed by atoms with E-state index < -0.39 is 17.1 Å². The van der Waals surface area contributed by atoms with E-state index >= 15 is 0 Å². The molecule has 0 spiro atoms. The van der Waals surface area contributed by atoms with E-state index in [1.807, 2.05) is 24.3 Å². The van der Waals surface area contributed by atoms with Crippen molar-refractivity contribution in [2.45, 2.75) is 12.2 Å². The number of anilines is 1. The number of halogens is 1. The molecule has 2 atom stereocenters. The molecular weight excluding hydrogens is 390 g/mol. The summed E-state index contributed by atoms with van der Waals surface area (Å²) < 4.78 is 0. The highest BCUT2D eigenvalue weighted by atomic mass is 35.5. The number of carbonyl (C=O) groups is 1. The Labute approximate surface area is 163 Å². The first-order chi connectivity index (χ1) is 13.0. The lowest BCUT2D eigenvalue weighted by atomic mass is 9.97. The predicted octanol–water partition coefficient (Wildman–Crippen LogP) is 3.48. The van der Waals surface area contributed by atoms with E-state index in [4.69, 9.17) is 11.6 Å². The van der Waals surface area contributed by atoms with Gasteiger partial charge in [-0.3, -0.25) is 19.9 Å². The van der Waals surface area contributed by atoms with Crippen molar-refractivity contribution in [1.82, 2.24) is 10.3 Å². The summed E-state index contributed by atoms with van der Waals surface area (Å²) in [5, 5.41) is 24.2. The fraction of sp³-hybridized carbons (Fsp3) is 0.176. The van der Waals surface area contributed by atoms with Crippen LogP contribution in [0.5, 0.6) is 0 Å². The maximum atomic E-state index is 12.8. The molecule has 4 rings (SSSR count). The predicted molar refractivity (Wildman–Crippen MR) is 105 cm³/mol. The molecule has 0 saturated heterocycles. The first-order valence-electron chi connectivity index (χ1n) is 8.00. The molecule has 10 heteroatoms. The lowest BCUT2D eigenvalue weighted by molar-refractivity contribution is -0.384. The van der Waals surface area contributed by atoms with Crippen LogP contribution in [0.15, 0.2) is 47.6 Å². The van der Waals surface area contributed by atoms with Crippen molar-refractivity contribution in [1.29, 1.82) is 0 Å². The summed E-state index contributed by atoms with van der Waals surface area (Å²) in [5.74, 6) is -0.213. The number of nitro groups is 1. The second kappa shape index (κ2) is 6.75. The Bertz CT molecular complexity index is 983. The van der Waals surface area contributed by atoms with Gasteiger partial charge < -0.3 is 10.6 Å². The molecule has 8 nitrogen and oxygen atoms in total. The molecule has 2 N–H and O–H groups in total. The Kier molecular flexibility index (Phi) is 4.40. The van der Waals surface area contributed by atoms with E-state index in [1.54, 1.807) is 11.3 Å². The molecule has 27 heavy (non-hydrogen) atoms. The Morgan fingerprint density at radius 3 is 2.78 bits per heavy atom. The fourth-order valence-corrected chi connectivity index (χ4v) is 3.82. The van der Waals surface area contributed by atoms with Crippen LogP contribution in [-0.2, 0) is 4.79 Å². The maximum Gasteiger partial charge on any atom is 0.269 e. The van der Waals surface area contributed by atoms with E-state index in [2.05, 4.69) is 15.7 Å². The fourth-order valence-electron chi connectivity index (χ4n) is 3.22. The van der Waals surface area contributed by atoms with Crippen molar-refractivity contribution in [2.24, 2.45) is 5.10 Å². The summed E-state index contributed by atoms with van der Waals surface area (Å²) in [6.45, 7) is 0. The molecule has 2 aromatic carbocycles. The Morgan fingerprint density at radius 2 is 2.04 bits per heavy atom. The van der Waals surface area contributed by atoms with Crippen LogP contribution >= 0.6 is 23.4 Å². The molecule has 2 aromatic rings. The van der Waals surface area contributed by atoms with Gasteiger partial charge in [0, 0.05) is 34.0 Å². The van der Waals surface area contributed by atoms with Crippen molar-refractivity contribution in [2.75, 3.05) is 11.6 Å². The summed E-state index contributed by atoms with van der Waals surface area (Å²) >= 11 is 7.66. The Morgan fingerprint density at radius 1 is 1.26 bits per heavy atom. The molecule has 2 aliphatic heterocycles. The summed E-state index contributed by atoms with van der Waals surface area (Å²) in [4.78, 5) is 23.5. The third kappa shape index (κ3) is 2.98. The molecule has 2 heterocycles. The highest BCUT2D eigenvalue weighted by Gasteiger charge is 2.42. The highest BCUT2D eigenvalue weighted by molar-refractivity contribution is 8.13. The number of nitro benzene ring substituents is 1. The summed E-state index contributed by atoms with van der Waals surface area (Å²) in [6.07, 6.45) is 1.17. The van der Waals surface area contributed by atoms with Gasteiger partial charge in [-0.2, -0.15) is 0 Å². The van der Waals surface area contributed by atoms with Crippen LogP contribution in [0.1, 0.15) is 23.3 Å². The zero-order valence-corrected chi connectivity index (χ0v) is 15.6. The molecule has 0 saturated carbocycles. The van der Waals surface area contributed by atoms with Gasteiger partial charge in [0.2, 0.25) is 0 Å². The largest absolute Gasteiger partial charge is 0.360 e. The summed E-state index contributed by atoms with van der Waals surface area (Å²) in [7, 11) is 0. The smallest absolute Gasteiger partial charge is 0.269 e. The first kappa shape index (κ1) is 17.6. The normalized spacial score (nSPS) is 20.7. The van der Waals surface area contributed by atoms with Crippen molar-refractivity contribution >= 4 is 45.8 Å². The van der Waals surface area contributed by atoms with Crippen LogP contribution in [0.4, 0.5) is 11.4 Å². The van der Waals surface area contributed by atoms with Crippen molar-refractivity contribution in [3.63, 3.8) is 0 Å². The van der Waals surface area contributed by atoms with Gasteiger partial charge in [-0.15, -0.1) is 5.10 Å². The first-order valence-corrected chi connectivity index (χ1v) is 9.61. The van der Waals surface area contributed by atoms with Gasteiger partial charge in [-0.1, -0.05) is 41.6 Å². The number of rotatable bonds is 2. The number of nitrogens with zero attached hydrogens (tertiary/aromatic N) is 3. The highest BCUT2D eigenvalue weighted by Crippen LogP contribution is 2.44. The molecule has 138 valence electrons. The van der Waals surface area contributed by atoms with Gasteiger partial charge >= 0.3 is 0 Å². The topological polar surface area (TPSA) is 99.9 Å². The van der Waals surface area contributed by atoms with Crippen molar-refractivity contribution in [3.8, 4) is 0 Å². The number of para-hydroxylation sites is 1. The van der Waals surface area contributed by atoms with Gasteiger partial charge in [-0.25, -0.2) is 0 Å². The minimum absolute atomic E-state index is 0.0814. The number of amidine groups is 1. The average Bonchev–Trinajstić information content (AvgIpc) is 2.67. The maximum absolute atomic E-state index is 12.8. The van der Waals surface area contributed by atoms with Gasteiger partial charge in [0.05, 0.1) is 4.92 Å². The molecule has 1 amide bonds. The number of nitrogens with one attached hydrogen (secondary N) is 2. The minimum atomic E-state index is -0.668. The molecule has 2 aliphatic rings. The molecule has 0 fully saturated rings. The van der Waals surface area contributed by atoms with Crippen LogP contribution in [-0.4, -0.2) is 27.3 Å². The van der Waals surface area contributed by atoms with E-state index in [9.17, 15) is 14.9 Å². The second-order valence-corrected chi connectivity index (χ2v) is 7.18. The van der Waals surface area contributed by atoms with Crippen molar-refractivity contribution in [3.05, 3.63) is 68.7 Å². The second-order valence-electron chi connectivity index (χ2n) is 5.98. The Hall–Kier alpha value is -2.78. The number of fused-ring (bicyclic) bond motifs is 3. The summed E-state index contributed by atoms with van der Waals surface area (Å²) in [5.41, 5.74) is 1.92. The molecule has 0 radical (unpaired) electrons. The molecule has 0 aliphatic carbocycles. The molecule has 0 aromatic heterocycles. The standard InChI is InChI=1S/C17H14ClN5O3S/c1-27-17-20-16(24)14-10-4-2-3-5-13(10)19-15(22(14)21-17)11-8-9(23(25)26)6-7-12(11)18/h2-8,14-15,19H,1H3,(H,20,21,24)/t14-,15-/m1/s1. The van der Waals surface area contributed by atoms with Crippen molar-refractivity contribution < 1.29 is 9.72 Å². The number of hydrogen-bond donors (Lipinski definition) is 2. The minimum Gasteiger partial charge on any atom is -0.360 e. The number of thioether (sulfide) groups is 1. The number of amides is 1. The Balaban J connectivity index is 1.89. The zero-order chi connectivity index (χ0) is 19.1. The van der Waals surface area contributed by atoms with Crippen LogP contribution in [0, 0.1) is 10.1 Å². The number of hydrogen-bond acceptors (Lipinski definition) is 7. The van der Waals surface area contributed by atoms with Gasteiger partial charge in [0.15, 0.2) is 11.2 Å². The van der Waals surface area contributed by atoms with Crippen LogP contribution < -0.4 is 10.6 Å². The van der Waals surface area contributed by atoms with Gasteiger partial charge in [0.1, 0.15) is 6.17 Å². The number of non-ortho nitro benzene ring substituents is 1. The van der Waals surface area contributed by atoms with Gasteiger partial charge in [0.25, 0.3) is 11.6 Å². The van der Waals surface area contributed by atoms with E-state index in [0.717, 1.165) is 11.3 Å². The monoisotopic (exact) mass is 403 g/mol. The average molecular weight is 404 g/mol. The quantitative estimate of drug-likeness (QED) is 0.588. The number of hydrazone groups is 1. The van der Waals surface area contributed by atoms with Gasteiger partial charge in [-0.05, 0) is 18.4 Å². The third-order valence-electron chi connectivity index (χ3n) is 4.44. The SMILES string of the molecule is CSC1=NN2[C@H](c3cc([N+](=O)[O-])ccc3Cl)Nc3ccccc3[C@@H]2C(=O)N1. The lowest BCUT2D eigenvalue weighted by Crippen LogP contribution is -2.50. The van der Waals surface area contributed by atoms with E-state index in [1.165, 1.54) is 30.0 Å². The molecule has 0 bridgehead atoms. The van der Waals surface area contributed by atoms with Crippen LogP contribution in [0.25, 0.3) is 0 Å². The van der Waals surface area contributed by atoms with E-state index in [0.29, 0.717) is 15.8 Å². The van der Waals surface area contributed by atoms with E-state index in [-0.39, 0.29) is 11.6 Å².